The number of fused-ring (bicyclic) bond motifs is 1. The Balaban J connectivity index is 1.23. The number of hydrogen-bond acceptors (Lipinski definition) is 5. The first-order valence-electron chi connectivity index (χ1n) is 12.5. The third kappa shape index (κ3) is 6.14. The lowest BCUT2D eigenvalue weighted by atomic mass is 9.98. The number of amides is 1. The van der Waals surface area contributed by atoms with Crippen molar-refractivity contribution in [2.75, 3.05) is 6.61 Å². The lowest BCUT2D eigenvalue weighted by Gasteiger charge is -2.15. The summed E-state index contributed by atoms with van der Waals surface area (Å²) in [4.78, 5) is 31.6. The van der Waals surface area contributed by atoms with Crippen molar-refractivity contribution >= 4 is 22.8 Å². The van der Waals surface area contributed by atoms with Gasteiger partial charge in [-0.25, -0.2) is 4.79 Å². The number of aromatic hydroxyl groups is 1. The van der Waals surface area contributed by atoms with E-state index in [-0.39, 0.29) is 25.4 Å². The summed E-state index contributed by atoms with van der Waals surface area (Å²) in [6.07, 6.45) is 3.49. The maximum absolute atomic E-state index is 12.6. The second-order valence-corrected chi connectivity index (χ2v) is 9.18. The molecule has 0 aliphatic heterocycles. The minimum Gasteiger partial charge on any atom is -0.507 e. The molecule has 0 saturated heterocycles. The number of ether oxygens (including phenoxy) is 1. The van der Waals surface area contributed by atoms with E-state index in [1.54, 1.807) is 24.5 Å². The van der Waals surface area contributed by atoms with Gasteiger partial charge in [-0.05, 0) is 34.9 Å². The number of para-hydroxylation sites is 1. The van der Waals surface area contributed by atoms with Gasteiger partial charge in [-0.2, -0.15) is 0 Å². The highest BCUT2D eigenvalue weighted by molar-refractivity contribution is 5.89. The molecule has 5 rings (SSSR count). The first-order chi connectivity index (χ1) is 19.0. The molecule has 8 nitrogen and oxygen atoms in total. The third-order valence-electron chi connectivity index (χ3n) is 6.41. The van der Waals surface area contributed by atoms with Gasteiger partial charge in [0.25, 0.3) is 0 Å². The van der Waals surface area contributed by atoms with Crippen molar-refractivity contribution in [3.05, 3.63) is 108 Å². The van der Waals surface area contributed by atoms with E-state index in [4.69, 9.17) is 4.74 Å². The number of H-pyrrole nitrogens is 1. The first kappa shape index (κ1) is 25.7. The Labute approximate surface area is 224 Å². The van der Waals surface area contributed by atoms with E-state index in [1.807, 2.05) is 72.8 Å². The van der Waals surface area contributed by atoms with Crippen LogP contribution in [0.25, 0.3) is 33.3 Å². The Morgan fingerprint density at radius 3 is 2.44 bits per heavy atom. The van der Waals surface area contributed by atoms with Gasteiger partial charge in [0.05, 0.1) is 25.3 Å². The predicted molar refractivity (Wildman–Crippen MR) is 148 cm³/mol. The lowest BCUT2D eigenvalue weighted by molar-refractivity contribution is -0.143. The Bertz CT molecular complexity index is 1560. The highest BCUT2D eigenvalue weighted by atomic mass is 16.5. The number of benzene rings is 3. The van der Waals surface area contributed by atoms with Gasteiger partial charge in [-0.1, -0.05) is 66.7 Å². The maximum Gasteiger partial charge on any atom is 0.328 e. The van der Waals surface area contributed by atoms with Crippen LogP contribution in [0, 0.1) is 0 Å². The average molecular weight is 522 g/mol. The van der Waals surface area contributed by atoms with E-state index >= 15 is 0 Å². The maximum atomic E-state index is 12.6. The molecule has 0 radical (unpaired) electrons. The van der Waals surface area contributed by atoms with Crippen molar-refractivity contribution in [3.8, 4) is 28.1 Å². The molecule has 0 aliphatic carbocycles. The van der Waals surface area contributed by atoms with Crippen molar-refractivity contribution in [3.63, 3.8) is 0 Å². The van der Waals surface area contributed by atoms with Crippen molar-refractivity contribution in [1.29, 1.82) is 0 Å². The zero-order valence-electron chi connectivity index (χ0n) is 21.0. The van der Waals surface area contributed by atoms with Gasteiger partial charge in [-0.15, -0.1) is 0 Å². The SMILES string of the molecule is O=C(Cc1ccc(-c2cccc(-c3cc4cnccc4[nH]3)c2O)cc1)NC(COCc1ccccc1)C(=O)O. The van der Waals surface area contributed by atoms with Crippen LogP contribution in [-0.2, 0) is 27.4 Å². The first-order valence-corrected chi connectivity index (χ1v) is 12.5. The molecule has 2 aromatic heterocycles. The van der Waals surface area contributed by atoms with Crippen LogP contribution < -0.4 is 5.32 Å². The number of carboxylic acids is 1. The molecule has 2 heterocycles. The summed E-state index contributed by atoms with van der Waals surface area (Å²) in [6, 6.07) is 24.9. The molecule has 5 aromatic rings. The van der Waals surface area contributed by atoms with Crippen molar-refractivity contribution in [2.24, 2.45) is 0 Å². The number of pyridine rings is 1. The number of aromatic nitrogens is 2. The number of carbonyl (C=O) groups is 2. The topological polar surface area (TPSA) is 125 Å². The number of phenols is 1. The molecular formula is C31H27N3O5. The van der Waals surface area contributed by atoms with Crippen LogP contribution in [0.5, 0.6) is 5.75 Å². The zero-order valence-corrected chi connectivity index (χ0v) is 21.0. The Kier molecular flexibility index (Phi) is 7.65. The number of hydrogen-bond donors (Lipinski definition) is 4. The van der Waals surface area contributed by atoms with Crippen LogP contribution in [0.1, 0.15) is 11.1 Å². The predicted octanol–water partition coefficient (Wildman–Crippen LogP) is 4.93. The summed E-state index contributed by atoms with van der Waals surface area (Å²) in [7, 11) is 0. The summed E-state index contributed by atoms with van der Waals surface area (Å²) in [6.45, 7) is 0.116. The number of aliphatic carboxylic acids is 1. The van der Waals surface area contributed by atoms with Crippen LogP contribution in [0.3, 0.4) is 0 Å². The average Bonchev–Trinajstić information content (AvgIpc) is 3.38. The Morgan fingerprint density at radius 1 is 0.923 bits per heavy atom. The molecule has 196 valence electrons. The van der Waals surface area contributed by atoms with Crippen LogP contribution in [0.15, 0.2) is 97.3 Å². The van der Waals surface area contributed by atoms with Gasteiger partial charge in [0.1, 0.15) is 5.75 Å². The van der Waals surface area contributed by atoms with E-state index in [2.05, 4.69) is 15.3 Å². The molecule has 3 aromatic carbocycles. The van der Waals surface area contributed by atoms with Gasteiger partial charge in [-0.3, -0.25) is 9.78 Å². The van der Waals surface area contributed by atoms with Crippen LogP contribution in [0.2, 0.25) is 0 Å². The van der Waals surface area contributed by atoms with E-state index in [0.717, 1.165) is 27.7 Å². The third-order valence-corrected chi connectivity index (χ3v) is 6.41. The number of aromatic amines is 1. The molecule has 1 unspecified atom stereocenters. The highest BCUT2D eigenvalue weighted by Crippen LogP contribution is 2.38. The molecule has 0 aliphatic rings. The van der Waals surface area contributed by atoms with E-state index in [0.29, 0.717) is 16.7 Å². The fourth-order valence-corrected chi connectivity index (χ4v) is 4.39. The molecule has 1 atom stereocenters. The number of nitrogens with zero attached hydrogens (tertiary/aromatic N) is 1. The normalized spacial score (nSPS) is 11.8. The van der Waals surface area contributed by atoms with Crippen molar-refractivity contribution < 1.29 is 24.5 Å². The molecule has 0 spiro atoms. The Hall–Kier alpha value is -4.95. The zero-order chi connectivity index (χ0) is 27.2. The van der Waals surface area contributed by atoms with Crippen LogP contribution in [0.4, 0.5) is 0 Å². The number of carboxylic acid groups (broad SMARTS) is 1. The minimum absolute atomic E-state index is 0.0118. The highest BCUT2D eigenvalue weighted by Gasteiger charge is 2.20. The molecular weight excluding hydrogens is 494 g/mol. The fourth-order valence-electron chi connectivity index (χ4n) is 4.39. The minimum atomic E-state index is -1.16. The largest absolute Gasteiger partial charge is 0.507 e. The van der Waals surface area contributed by atoms with Crippen LogP contribution in [-0.4, -0.2) is 44.7 Å². The Morgan fingerprint density at radius 2 is 1.69 bits per heavy atom. The molecule has 0 bridgehead atoms. The summed E-state index contributed by atoms with van der Waals surface area (Å²) in [5.41, 5.74) is 5.46. The van der Waals surface area contributed by atoms with Gasteiger partial charge >= 0.3 is 5.97 Å². The van der Waals surface area contributed by atoms with Crippen LogP contribution >= 0.6 is 0 Å². The number of nitrogens with one attached hydrogen (secondary N) is 2. The van der Waals surface area contributed by atoms with Gasteiger partial charge in [0.15, 0.2) is 6.04 Å². The molecule has 0 fully saturated rings. The monoisotopic (exact) mass is 521 g/mol. The number of carbonyl (C=O) groups excluding carboxylic acids is 1. The second kappa shape index (κ2) is 11.6. The number of phenolic OH excluding ortho intramolecular Hbond substituents is 1. The standard InChI is InChI=1S/C31H27N3O5/c35-29(34-28(31(37)38)19-39-18-21-5-2-1-3-6-21)15-20-9-11-22(12-10-20)24-7-4-8-25(30(24)36)27-16-23-17-32-14-13-26(23)33-27/h1-14,16-17,28,33,36H,15,18-19H2,(H,34,35)(H,37,38). The number of rotatable bonds is 10. The van der Waals surface area contributed by atoms with Gasteiger partial charge < -0.3 is 25.3 Å². The molecule has 8 heteroatoms. The van der Waals surface area contributed by atoms with E-state index in [9.17, 15) is 19.8 Å². The van der Waals surface area contributed by atoms with Gasteiger partial charge in [0, 0.05) is 34.4 Å². The van der Waals surface area contributed by atoms with E-state index < -0.39 is 17.9 Å². The second-order valence-electron chi connectivity index (χ2n) is 9.18. The summed E-state index contributed by atoms with van der Waals surface area (Å²) in [5, 5.41) is 24.0. The molecule has 0 saturated carbocycles. The smallest absolute Gasteiger partial charge is 0.328 e. The summed E-state index contributed by atoms with van der Waals surface area (Å²) < 4.78 is 5.50. The lowest BCUT2D eigenvalue weighted by Crippen LogP contribution is -2.44. The van der Waals surface area contributed by atoms with Gasteiger partial charge in [0.2, 0.25) is 5.91 Å². The van der Waals surface area contributed by atoms with Crippen molar-refractivity contribution in [1.82, 2.24) is 15.3 Å². The molecule has 4 N–H and O–H groups in total. The summed E-state index contributed by atoms with van der Waals surface area (Å²) in [5.74, 6) is -1.44. The fraction of sp³-hybridized carbons (Fsp3) is 0.129. The summed E-state index contributed by atoms with van der Waals surface area (Å²) >= 11 is 0. The van der Waals surface area contributed by atoms with Crippen molar-refractivity contribution in [2.45, 2.75) is 19.1 Å². The molecule has 1 amide bonds. The van der Waals surface area contributed by atoms with E-state index in [1.165, 1.54) is 0 Å². The quantitative estimate of drug-likeness (QED) is 0.207. The molecule has 39 heavy (non-hydrogen) atoms.